The lowest BCUT2D eigenvalue weighted by Gasteiger charge is -2.13. The molecule has 5 nitrogen and oxygen atoms in total. The summed E-state index contributed by atoms with van der Waals surface area (Å²) in [4.78, 5) is 28.4. The summed E-state index contributed by atoms with van der Waals surface area (Å²) in [5.41, 5.74) is 1.01. The summed E-state index contributed by atoms with van der Waals surface area (Å²) in [6.45, 7) is 3.55. The minimum absolute atomic E-state index is 0.250. The number of rotatable bonds is 4. The van der Waals surface area contributed by atoms with E-state index in [9.17, 15) is 9.59 Å². The second-order valence-electron chi connectivity index (χ2n) is 4.38. The van der Waals surface area contributed by atoms with Crippen molar-refractivity contribution in [3.05, 3.63) is 46.3 Å². The fourth-order valence-electron chi connectivity index (χ4n) is 1.58. The molecule has 2 rings (SSSR count). The maximum atomic E-state index is 12.0. The van der Waals surface area contributed by atoms with Crippen LogP contribution in [0.25, 0.3) is 0 Å². The molecule has 0 saturated heterocycles. The number of pyridine rings is 1. The summed E-state index contributed by atoms with van der Waals surface area (Å²) in [7, 11) is 0. The van der Waals surface area contributed by atoms with Gasteiger partial charge >= 0.3 is 0 Å². The number of carbonyl (C=O) groups is 2. The van der Waals surface area contributed by atoms with Crippen LogP contribution in [0.15, 0.2) is 35.8 Å². The minimum atomic E-state index is -0.632. The number of aromatic nitrogens is 1. The van der Waals surface area contributed by atoms with E-state index in [4.69, 9.17) is 0 Å². The Hall–Kier alpha value is -2.21. The van der Waals surface area contributed by atoms with E-state index < -0.39 is 6.04 Å². The number of aryl methyl sites for hydroxylation is 1. The Balaban J connectivity index is 1.94. The first-order valence-corrected chi connectivity index (χ1v) is 7.02. The van der Waals surface area contributed by atoms with Gasteiger partial charge in [-0.15, -0.1) is 11.3 Å². The van der Waals surface area contributed by atoms with Crippen LogP contribution in [-0.2, 0) is 4.79 Å². The van der Waals surface area contributed by atoms with E-state index in [-0.39, 0.29) is 11.8 Å². The largest absolute Gasteiger partial charge is 0.340 e. The van der Waals surface area contributed by atoms with Gasteiger partial charge < -0.3 is 10.6 Å². The summed E-state index contributed by atoms with van der Waals surface area (Å²) < 4.78 is 0. The Bertz CT molecular complexity index is 611. The molecule has 2 heterocycles. The van der Waals surface area contributed by atoms with Gasteiger partial charge in [0.2, 0.25) is 5.91 Å². The Labute approximate surface area is 121 Å². The van der Waals surface area contributed by atoms with Gasteiger partial charge in [0.15, 0.2) is 0 Å². The lowest BCUT2D eigenvalue weighted by atomic mass is 10.2. The molecule has 104 valence electrons. The second-order valence-corrected chi connectivity index (χ2v) is 5.33. The van der Waals surface area contributed by atoms with E-state index in [1.54, 1.807) is 31.3 Å². The first-order chi connectivity index (χ1) is 9.56. The number of nitrogens with zero attached hydrogens (tertiary/aromatic N) is 1. The highest BCUT2D eigenvalue weighted by molar-refractivity contribution is 7.12. The van der Waals surface area contributed by atoms with Gasteiger partial charge in [0.1, 0.15) is 11.9 Å². The van der Waals surface area contributed by atoms with Gasteiger partial charge in [-0.25, -0.2) is 4.98 Å². The normalized spacial score (nSPS) is 11.7. The standard InChI is InChI=1S/C14H15N3O2S/c1-9-5-6-15-12(8-9)17-13(18)10(2)16-14(19)11-4-3-7-20-11/h3-8,10H,1-2H3,(H,16,19)(H,15,17,18). The number of amides is 2. The van der Waals surface area contributed by atoms with E-state index in [0.29, 0.717) is 10.7 Å². The third-order valence-electron chi connectivity index (χ3n) is 2.65. The SMILES string of the molecule is Cc1ccnc(NC(=O)C(C)NC(=O)c2cccs2)c1. The third kappa shape index (κ3) is 3.64. The predicted octanol–water partition coefficient (Wildman–Crippen LogP) is 2.21. The summed E-state index contributed by atoms with van der Waals surface area (Å²) in [5.74, 6) is -0.0694. The minimum Gasteiger partial charge on any atom is -0.340 e. The van der Waals surface area contributed by atoms with Crippen LogP contribution in [0, 0.1) is 6.92 Å². The molecule has 0 aliphatic rings. The Morgan fingerprint density at radius 3 is 2.80 bits per heavy atom. The van der Waals surface area contributed by atoms with E-state index in [1.165, 1.54) is 11.3 Å². The molecule has 2 amide bonds. The van der Waals surface area contributed by atoms with E-state index in [2.05, 4.69) is 15.6 Å². The molecular weight excluding hydrogens is 274 g/mol. The number of thiophene rings is 1. The summed E-state index contributed by atoms with van der Waals surface area (Å²) in [6.07, 6.45) is 1.62. The zero-order valence-electron chi connectivity index (χ0n) is 11.2. The fourth-order valence-corrected chi connectivity index (χ4v) is 2.21. The monoisotopic (exact) mass is 289 g/mol. The predicted molar refractivity (Wildman–Crippen MR) is 78.9 cm³/mol. The number of nitrogens with one attached hydrogen (secondary N) is 2. The fraction of sp³-hybridized carbons (Fsp3) is 0.214. The molecule has 20 heavy (non-hydrogen) atoms. The molecular formula is C14H15N3O2S. The Kier molecular flexibility index (Phi) is 4.47. The van der Waals surface area contributed by atoms with Crippen molar-refractivity contribution in [3.63, 3.8) is 0 Å². The highest BCUT2D eigenvalue weighted by atomic mass is 32.1. The van der Waals surface area contributed by atoms with Gasteiger partial charge in [0, 0.05) is 6.20 Å². The highest BCUT2D eigenvalue weighted by Gasteiger charge is 2.17. The smallest absolute Gasteiger partial charge is 0.261 e. The molecule has 0 saturated carbocycles. The molecule has 6 heteroatoms. The molecule has 0 aliphatic carbocycles. The topological polar surface area (TPSA) is 71.1 Å². The number of hydrogen-bond donors (Lipinski definition) is 2. The molecule has 1 unspecified atom stereocenters. The van der Waals surface area contributed by atoms with Crippen molar-refractivity contribution < 1.29 is 9.59 Å². The van der Waals surface area contributed by atoms with Crippen LogP contribution < -0.4 is 10.6 Å². The van der Waals surface area contributed by atoms with Gasteiger partial charge in [0.05, 0.1) is 4.88 Å². The van der Waals surface area contributed by atoms with Crippen LogP contribution in [0.4, 0.5) is 5.82 Å². The summed E-state index contributed by atoms with van der Waals surface area (Å²) >= 11 is 1.33. The van der Waals surface area contributed by atoms with Crippen molar-refractivity contribution in [3.8, 4) is 0 Å². The maximum absolute atomic E-state index is 12.0. The third-order valence-corrected chi connectivity index (χ3v) is 3.52. The van der Waals surface area contributed by atoms with Gasteiger partial charge in [-0.05, 0) is 43.0 Å². The van der Waals surface area contributed by atoms with Crippen molar-refractivity contribution in [2.75, 3.05) is 5.32 Å². The lowest BCUT2D eigenvalue weighted by Crippen LogP contribution is -2.41. The lowest BCUT2D eigenvalue weighted by molar-refractivity contribution is -0.117. The molecule has 2 aromatic heterocycles. The van der Waals surface area contributed by atoms with Crippen LogP contribution in [-0.4, -0.2) is 22.8 Å². The van der Waals surface area contributed by atoms with Gasteiger partial charge in [0.25, 0.3) is 5.91 Å². The van der Waals surface area contributed by atoms with Crippen molar-refractivity contribution in [1.29, 1.82) is 0 Å². The van der Waals surface area contributed by atoms with Crippen LogP contribution in [0.2, 0.25) is 0 Å². The molecule has 0 aliphatic heterocycles. The average molecular weight is 289 g/mol. The van der Waals surface area contributed by atoms with Crippen LogP contribution in [0.1, 0.15) is 22.2 Å². The number of anilines is 1. The van der Waals surface area contributed by atoms with Crippen molar-refractivity contribution in [1.82, 2.24) is 10.3 Å². The quantitative estimate of drug-likeness (QED) is 0.906. The van der Waals surface area contributed by atoms with E-state index in [0.717, 1.165) is 5.56 Å². The highest BCUT2D eigenvalue weighted by Crippen LogP contribution is 2.09. The van der Waals surface area contributed by atoms with Crippen molar-refractivity contribution in [2.45, 2.75) is 19.9 Å². The van der Waals surface area contributed by atoms with Crippen LogP contribution in [0.3, 0.4) is 0 Å². The van der Waals surface area contributed by atoms with E-state index in [1.807, 2.05) is 18.4 Å². The second kappa shape index (κ2) is 6.29. The average Bonchev–Trinajstić information content (AvgIpc) is 2.92. The van der Waals surface area contributed by atoms with Crippen molar-refractivity contribution in [2.24, 2.45) is 0 Å². The van der Waals surface area contributed by atoms with E-state index >= 15 is 0 Å². The Morgan fingerprint density at radius 2 is 2.15 bits per heavy atom. The molecule has 0 fully saturated rings. The molecule has 0 spiro atoms. The maximum Gasteiger partial charge on any atom is 0.261 e. The first kappa shape index (κ1) is 14.2. The zero-order valence-corrected chi connectivity index (χ0v) is 12.0. The summed E-state index contributed by atoms with van der Waals surface area (Å²) in [5, 5.41) is 7.14. The summed E-state index contributed by atoms with van der Waals surface area (Å²) in [6, 6.07) is 6.49. The molecule has 0 bridgehead atoms. The van der Waals surface area contributed by atoms with Crippen LogP contribution in [0.5, 0.6) is 0 Å². The molecule has 2 aromatic rings. The van der Waals surface area contributed by atoms with Gasteiger partial charge in [-0.1, -0.05) is 6.07 Å². The van der Waals surface area contributed by atoms with Crippen LogP contribution >= 0.6 is 11.3 Å². The molecule has 0 aromatic carbocycles. The van der Waals surface area contributed by atoms with Crippen molar-refractivity contribution >= 4 is 29.0 Å². The molecule has 1 atom stereocenters. The first-order valence-electron chi connectivity index (χ1n) is 6.14. The van der Waals surface area contributed by atoms with Gasteiger partial charge in [-0.2, -0.15) is 0 Å². The molecule has 0 radical (unpaired) electrons. The number of carbonyl (C=O) groups excluding carboxylic acids is 2. The number of hydrogen-bond acceptors (Lipinski definition) is 4. The Morgan fingerprint density at radius 1 is 1.35 bits per heavy atom. The van der Waals surface area contributed by atoms with Gasteiger partial charge in [-0.3, -0.25) is 9.59 Å². The zero-order chi connectivity index (χ0) is 14.5. The molecule has 2 N–H and O–H groups in total.